The van der Waals surface area contributed by atoms with Gasteiger partial charge in [-0.2, -0.15) is 0 Å². The molecule has 0 aliphatic heterocycles. The monoisotopic (exact) mass is 592 g/mol. The molecule has 4 aromatic carbocycles. The Labute approximate surface area is 265 Å². The molecule has 0 unspecified atom stereocenters. The Hall–Kier alpha value is -3.92. The fourth-order valence-corrected chi connectivity index (χ4v) is 5.89. The molecule has 4 N–H and O–H groups in total. The number of aryl methyl sites for hydroxylation is 2. The zero-order valence-corrected chi connectivity index (χ0v) is 28.3. The first-order valence-corrected chi connectivity index (χ1v) is 16.0. The lowest BCUT2D eigenvalue weighted by molar-refractivity contribution is 0.453. The molecule has 4 nitrogen and oxygen atoms in total. The number of hydrogen-bond donors (Lipinski definition) is 2. The highest BCUT2D eigenvalue weighted by Crippen LogP contribution is 2.44. The number of anilines is 2. The maximum Gasteiger partial charge on any atom is 0.131 e. The topological polar surface area (TPSA) is 70.5 Å². The van der Waals surface area contributed by atoms with Crippen molar-refractivity contribution in [2.24, 2.45) is 0 Å². The summed E-state index contributed by atoms with van der Waals surface area (Å²) >= 11 is 0. The minimum absolute atomic E-state index is 0.109. The largest absolute Gasteiger partial charge is 0.457 e. The molecule has 0 saturated heterocycles. The third kappa shape index (κ3) is 7.96. The van der Waals surface area contributed by atoms with Crippen LogP contribution in [0.4, 0.5) is 11.4 Å². The number of unbranched alkanes of at least 4 members (excludes halogenated alkanes) is 2. The standard InChI is InChI=1S/C40H52N2O2/c1-10-11-12-13-32(33-24-35(39(4,5)6)37(22-26(33)2)43-30-18-14-28(41)15-19-30)34-25-36(40(7,8)9)38(23-27(34)3)44-31-20-16-29(42)17-21-31/h14-25,32H,10-13,41-42H2,1-9H3. The van der Waals surface area contributed by atoms with E-state index in [0.29, 0.717) is 0 Å². The van der Waals surface area contributed by atoms with Crippen molar-refractivity contribution in [1.82, 2.24) is 0 Å². The normalized spacial score (nSPS) is 12.0. The Kier molecular flexibility index (Phi) is 10.0. The number of benzene rings is 4. The molecule has 0 fully saturated rings. The molecule has 0 spiro atoms. The average molecular weight is 593 g/mol. The van der Waals surface area contributed by atoms with E-state index in [-0.39, 0.29) is 16.7 Å². The van der Waals surface area contributed by atoms with Crippen molar-refractivity contribution in [2.45, 2.75) is 105 Å². The van der Waals surface area contributed by atoms with Gasteiger partial charge in [-0.05, 0) is 114 Å². The SMILES string of the molecule is CCCCCC(c1cc(C(C)(C)C)c(Oc2ccc(N)cc2)cc1C)c1cc(C(C)(C)C)c(Oc2ccc(N)cc2)cc1C. The van der Waals surface area contributed by atoms with Crippen LogP contribution >= 0.6 is 0 Å². The molecule has 4 aromatic rings. The smallest absolute Gasteiger partial charge is 0.131 e. The Morgan fingerprint density at radius 1 is 0.591 bits per heavy atom. The molecular weight excluding hydrogens is 540 g/mol. The third-order valence-electron chi connectivity index (χ3n) is 8.42. The highest BCUT2D eigenvalue weighted by Gasteiger charge is 2.28. The number of rotatable bonds is 10. The van der Waals surface area contributed by atoms with Crippen LogP contribution in [0.25, 0.3) is 0 Å². The van der Waals surface area contributed by atoms with Gasteiger partial charge in [0.2, 0.25) is 0 Å². The summed E-state index contributed by atoms with van der Waals surface area (Å²) < 4.78 is 13.0. The molecule has 4 rings (SSSR count). The predicted octanol–water partition coefficient (Wildman–Crippen LogP) is 11.4. The van der Waals surface area contributed by atoms with Crippen LogP contribution in [0.1, 0.15) is 113 Å². The molecule has 0 amide bonds. The highest BCUT2D eigenvalue weighted by atomic mass is 16.5. The maximum atomic E-state index is 6.50. The van der Waals surface area contributed by atoms with Crippen LogP contribution in [0, 0.1) is 13.8 Å². The molecule has 0 aliphatic carbocycles. The van der Waals surface area contributed by atoms with Gasteiger partial charge in [0.15, 0.2) is 0 Å². The van der Waals surface area contributed by atoms with Gasteiger partial charge in [-0.25, -0.2) is 0 Å². The van der Waals surface area contributed by atoms with E-state index in [9.17, 15) is 0 Å². The van der Waals surface area contributed by atoms with Gasteiger partial charge in [0.1, 0.15) is 23.0 Å². The van der Waals surface area contributed by atoms with E-state index in [0.717, 1.165) is 40.8 Å². The second-order valence-corrected chi connectivity index (χ2v) is 14.3. The van der Waals surface area contributed by atoms with E-state index in [1.54, 1.807) is 0 Å². The van der Waals surface area contributed by atoms with Crippen LogP contribution in [0.5, 0.6) is 23.0 Å². The van der Waals surface area contributed by atoms with Gasteiger partial charge >= 0.3 is 0 Å². The van der Waals surface area contributed by atoms with Crippen LogP contribution in [0.3, 0.4) is 0 Å². The van der Waals surface area contributed by atoms with Gasteiger partial charge in [0, 0.05) is 28.4 Å². The molecule has 0 saturated carbocycles. The van der Waals surface area contributed by atoms with Gasteiger partial charge in [0.25, 0.3) is 0 Å². The lowest BCUT2D eigenvalue weighted by Crippen LogP contribution is -2.17. The average Bonchev–Trinajstić information content (AvgIpc) is 2.93. The molecule has 0 heterocycles. The fourth-order valence-electron chi connectivity index (χ4n) is 5.89. The second kappa shape index (κ2) is 13.4. The first-order valence-electron chi connectivity index (χ1n) is 16.0. The quantitative estimate of drug-likeness (QED) is 0.142. The van der Waals surface area contributed by atoms with Crippen LogP contribution < -0.4 is 20.9 Å². The lowest BCUT2D eigenvalue weighted by Gasteiger charge is -2.30. The van der Waals surface area contributed by atoms with E-state index in [1.807, 2.05) is 48.5 Å². The van der Waals surface area contributed by atoms with Crippen LogP contribution in [0.2, 0.25) is 0 Å². The second-order valence-electron chi connectivity index (χ2n) is 14.3. The molecule has 0 aliphatic rings. The molecule has 0 radical (unpaired) electrons. The van der Waals surface area contributed by atoms with Crippen molar-refractivity contribution in [3.63, 3.8) is 0 Å². The number of ether oxygens (including phenoxy) is 2. The summed E-state index contributed by atoms with van der Waals surface area (Å²) in [4.78, 5) is 0. The van der Waals surface area contributed by atoms with Gasteiger partial charge in [-0.3, -0.25) is 0 Å². The molecule has 44 heavy (non-hydrogen) atoms. The Bertz CT molecular complexity index is 1440. The Morgan fingerprint density at radius 2 is 0.977 bits per heavy atom. The molecule has 234 valence electrons. The summed E-state index contributed by atoms with van der Waals surface area (Å²) in [6, 6.07) is 24.6. The van der Waals surface area contributed by atoms with Crippen molar-refractivity contribution in [2.75, 3.05) is 11.5 Å². The van der Waals surface area contributed by atoms with E-state index < -0.39 is 0 Å². The fraction of sp³-hybridized carbons (Fsp3) is 0.400. The highest BCUT2D eigenvalue weighted by molar-refractivity contribution is 5.55. The van der Waals surface area contributed by atoms with Gasteiger partial charge < -0.3 is 20.9 Å². The molecule has 0 bridgehead atoms. The van der Waals surface area contributed by atoms with E-state index in [1.165, 1.54) is 52.6 Å². The number of hydrogen-bond acceptors (Lipinski definition) is 4. The molecule has 4 heteroatoms. The maximum absolute atomic E-state index is 6.50. The first kappa shape index (κ1) is 33.0. The Balaban J connectivity index is 1.85. The lowest BCUT2D eigenvalue weighted by atomic mass is 9.76. The van der Waals surface area contributed by atoms with Crippen LogP contribution in [0.15, 0.2) is 72.8 Å². The van der Waals surface area contributed by atoms with E-state index >= 15 is 0 Å². The van der Waals surface area contributed by atoms with Crippen molar-refractivity contribution < 1.29 is 9.47 Å². The van der Waals surface area contributed by atoms with E-state index in [2.05, 4.69) is 86.6 Å². The summed E-state index contributed by atoms with van der Waals surface area (Å²) in [5.41, 5.74) is 20.7. The van der Waals surface area contributed by atoms with Crippen molar-refractivity contribution in [3.05, 3.63) is 106 Å². The zero-order chi connectivity index (χ0) is 32.2. The zero-order valence-electron chi connectivity index (χ0n) is 28.3. The third-order valence-corrected chi connectivity index (χ3v) is 8.42. The minimum Gasteiger partial charge on any atom is -0.457 e. The van der Waals surface area contributed by atoms with Gasteiger partial charge in [-0.15, -0.1) is 0 Å². The Morgan fingerprint density at radius 3 is 1.32 bits per heavy atom. The molecular formula is C40H52N2O2. The van der Waals surface area contributed by atoms with Crippen LogP contribution in [-0.4, -0.2) is 0 Å². The molecule has 0 atom stereocenters. The molecule has 0 aromatic heterocycles. The number of nitrogens with two attached hydrogens (primary N) is 2. The van der Waals surface area contributed by atoms with Crippen molar-refractivity contribution >= 4 is 11.4 Å². The first-order chi connectivity index (χ1) is 20.7. The van der Waals surface area contributed by atoms with Crippen molar-refractivity contribution in [3.8, 4) is 23.0 Å². The van der Waals surface area contributed by atoms with Gasteiger partial charge in [-0.1, -0.05) is 79.9 Å². The summed E-state index contributed by atoms with van der Waals surface area (Å²) in [6.07, 6.45) is 4.65. The summed E-state index contributed by atoms with van der Waals surface area (Å²) in [7, 11) is 0. The minimum atomic E-state index is -0.109. The van der Waals surface area contributed by atoms with E-state index in [4.69, 9.17) is 20.9 Å². The van der Waals surface area contributed by atoms with Crippen LogP contribution in [-0.2, 0) is 10.8 Å². The number of nitrogen functional groups attached to an aromatic ring is 2. The summed E-state index contributed by atoms with van der Waals surface area (Å²) in [6.45, 7) is 20.3. The van der Waals surface area contributed by atoms with Crippen molar-refractivity contribution in [1.29, 1.82) is 0 Å². The summed E-state index contributed by atoms with van der Waals surface area (Å²) in [5.74, 6) is 3.63. The summed E-state index contributed by atoms with van der Waals surface area (Å²) in [5, 5.41) is 0. The van der Waals surface area contributed by atoms with Gasteiger partial charge in [0.05, 0.1) is 0 Å². The predicted molar refractivity (Wildman–Crippen MR) is 188 cm³/mol.